The Labute approximate surface area is 128 Å². The van der Waals surface area contributed by atoms with Gasteiger partial charge in [-0.25, -0.2) is 4.79 Å². The number of carbonyl (C=O) groups is 4. The minimum absolute atomic E-state index is 0. The second-order valence-electron chi connectivity index (χ2n) is 3.78. The van der Waals surface area contributed by atoms with Crippen molar-refractivity contribution in [2.45, 2.75) is 25.9 Å². The van der Waals surface area contributed by atoms with E-state index in [2.05, 4.69) is 0 Å². The number of amides is 2. The normalized spacial score (nSPS) is 12.7. The maximum Gasteiger partial charge on any atom is 0.327 e. The number of nitrogens with two attached hydrogens (primary N) is 1. The van der Waals surface area contributed by atoms with Crippen molar-refractivity contribution in [2.24, 2.45) is 5.73 Å². The van der Waals surface area contributed by atoms with Crippen LogP contribution in [0.3, 0.4) is 0 Å². The fourth-order valence-electron chi connectivity index (χ4n) is 1.22. The zero-order chi connectivity index (χ0) is 15.9. The molecular weight excluding hydrogens is 324 g/mol. The van der Waals surface area contributed by atoms with Gasteiger partial charge in [0.2, 0.25) is 11.8 Å². The van der Waals surface area contributed by atoms with Gasteiger partial charge >= 0.3 is 11.9 Å². The molecule has 2 amide bonds. The molecule has 0 aliphatic rings. The van der Waals surface area contributed by atoms with E-state index in [4.69, 9.17) is 15.9 Å². The predicted molar refractivity (Wildman–Crippen MR) is 78.8 cm³/mol. The number of imide groups is 1. The van der Waals surface area contributed by atoms with Crippen molar-refractivity contribution in [1.29, 1.82) is 0 Å². The van der Waals surface area contributed by atoms with E-state index in [1.807, 2.05) is 0 Å². The second-order valence-corrected chi connectivity index (χ2v) is 6.33. The van der Waals surface area contributed by atoms with E-state index in [9.17, 15) is 19.2 Å². The first-order valence-corrected chi connectivity index (χ1v) is 7.93. The van der Waals surface area contributed by atoms with E-state index in [1.165, 1.54) is 0 Å². The lowest BCUT2D eigenvalue weighted by Crippen LogP contribution is -2.48. The van der Waals surface area contributed by atoms with Gasteiger partial charge in [-0.2, -0.15) is 0 Å². The molecule has 0 saturated heterocycles. The minimum atomic E-state index is -1.30. The molecule has 0 saturated carbocycles. The summed E-state index contributed by atoms with van der Waals surface area (Å²) < 4.78 is 0. The van der Waals surface area contributed by atoms with E-state index in [1.54, 1.807) is 0 Å². The summed E-state index contributed by atoms with van der Waals surface area (Å²) in [7, 11) is 2.12. The predicted octanol–water partition coefficient (Wildman–Crippen LogP) is -1.20. The zero-order valence-corrected chi connectivity index (χ0v) is 13.1. The summed E-state index contributed by atoms with van der Waals surface area (Å²) in [4.78, 5) is 44.8. The molecular formula is C10H18N2O7S2. The average Bonchev–Trinajstić information content (AvgIpc) is 2.30. The quantitative estimate of drug-likeness (QED) is 0.362. The molecule has 21 heavy (non-hydrogen) atoms. The Hall–Kier alpha value is -1.30. The van der Waals surface area contributed by atoms with Crippen molar-refractivity contribution in [3.8, 4) is 0 Å². The number of aliphatic carboxylic acids is 2. The summed E-state index contributed by atoms with van der Waals surface area (Å²) in [6.07, 6.45) is 0. The molecule has 0 aromatic heterocycles. The topological polar surface area (TPSA) is 170 Å². The number of hydrogen-bond acceptors (Lipinski definition) is 7. The van der Waals surface area contributed by atoms with Gasteiger partial charge in [-0.15, -0.1) is 0 Å². The molecule has 2 atom stereocenters. The van der Waals surface area contributed by atoms with Crippen molar-refractivity contribution in [2.75, 3.05) is 11.5 Å². The Morgan fingerprint density at radius 3 is 1.76 bits per heavy atom. The van der Waals surface area contributed by atoms with E-state index in [0.717, 1.165) is 35.4 Å². The molecule has 0 rings (SSSR count). The molecule has 0 bridgehead atoms. The molecule has 122 valence electrons. The maximum atomic E-state index is 11.3. The van der Waals surface area contributed by atoms with Crippen molar-refractivity contribution < 1.29 is 34.9 Å². The highest BCUT2D eigenvalue weighted by Gasteiger charge is 2.30. The average molecular weight is 342 g/mol. The monoisotopic (exact) mass is 342 g/mol. The Bertz CT molecular complexity index is 391. The first kappa shape index (κ1) is 22.0. The van der Waals surface area contributed by atoms with E-state index < -0.39 is 35.8 Å². The van der Waals surface area contributed by atoms with Gasteiger partial charge in [0.1, 0.15) is 12.1 Å². The summed E-state index contributed by atoms with van der Waals surface area (Å²) >= 11 is 0. The Morgan fingerprint density at radius 1 is 1.00 bits per heavy atom. The molecule has 0 fully saturated rings. The van der Waals surface area contributed by atoms with Gasteiger partial charge in [0, 0.05) is 25.4 Å². The van der Waals surface area contributed by atoms with Crippen molar-refractivity contribution in [3.05, 3.63) is 0 Å². The molecule has 0 aliphatic carbocycles. The van der Waals surface area contributed by atoms with Gasteiger partial charge in [-0.05, 0) is 0 Å². The van der Waals surface area contributed by atoms with Gasteiger partial charge in [0.15, 0.2) is 0 Å². The third-order valence-electron chi connectivity index (χ3n) is 2.15. The summed E-state index contributed by atoms with van der Waals surface area (Å²) in [5.74, 6) is -3.72. The minimum Gasteiger partial charge on any atom is -0.480 e. The van der Waals surface area contributed by atoms with Crippen LogP contribution in [0, 0.1) is 0 Å². The maximum absolute atomic E-state index is 11.3. The summed E-state index contributed by atoms with van der Waals surface area (Å²) in [5.41, 5.74) is 5.28. The van der Waals surface area contributed by atoms with Crippen molar-refractivity contribution >= 4 is 45.3 Å². The highest BCUT2D eigenvalue weighted by atomic mass is 33.1. The molecule has 0 unspecified atom stereocenters. The Morgan fingerprint density at radius 2 is 1.43 bits per heavy atom. The standard InChI is InChI=1S/C10H16N2O6S2.H2O/c1-5(13)12(6(2)14)8(10(17)18)4-20-19-3-7(11)9(15)16;/h7-8H,3-4,11H2,1-2H3,(H,15,16)(H,17,18);1H2/t7-,8-;/m0./s1. The molecule has 11 heteroatoms. The molecule has 9 nitrogen and oxygen atoms in total. The van der Waals surface area contributed by atoms with Gasteiger partial charge < -0.3 is 21.4 Å². The van der Waals surface area contributed by atoms with E-state index in [-0.39, 0.29) is 17.0 Å². The molecule has 0 aromatic carbocycles. The molecule has 0 radical (unpaired) electrons. The zero-order valence-electron chi connectivity index (χ0n) is 11.4. The smallest absolute Gasteiger partial charge is 0.327 e. The molecule has 0 heterocycles. The number of nitrogens with zero attached hydrogens (tertiary/aromatic N) is 1. The largest absolute Gasteiger partial charge is 0.480 e. The van der Waals surface area contributed by atoms with E-state index >= 15 is 0 Å². The summed E-state index contributed by atoms with van der Waals surface area (Å²) in [5, 5.41) is 17.6. The van der Waals surface area contributed by atoms with E-state index in [0.29, 0.717) is 4.90 Å². The molecule has 0 aliphatic heterocycles. The van der Waals surface area contributed by atoms with Crippen LogP contribution in [0.5, 0.6) is 0 Å². The van der Waals surface area contributed by atoms with Crippen molar-refractivity contribution in [1.82, 2.24) is 4.90 Å². The summed E-state index contributed by atoms with van der Waals surface area (Å²) in [6.45, 7) is 2.21. The lowest BCUT2D eigenvalue weighted by molar-refractivity contribution is -0.155. The third-order valence-corrected chi connectivity index (χ3v) is 4.58. The molecule has 0 aromatic rings. The fourth-order valence-corrected chi connectivity index (χ4v) is 3.53. The van der Waals surface area contributed by atoms with Crippen LogP contribution in [0.25, 0.3) is 0 Å². The first-order chi connectivity index (χ1) is 9.18. The van der Waals surface area contributed by atoms with Crippen LogP contribution in [-0.2, 0) is 19.2 Å². The fraction of sp³-hybridized carbons (Fsp3) is 0.600. The van der Waals surface area contributed by atoms with Gasteiger partial charge in [-0.1, -0.05) is 21.6 Å². The second kappa shape index (κ2) is 10.4. The Balaban J connectivity index is 0. The first-order valence-electron chi connectivity index (χ1n) is 5.44. The SMILES string of the molecule is CC(=O)N(C(C)=O)[C@@H](CSSC[C@H](N)C(=O)O)C(=O)O.O. The van der Waals surface area contributed by atoms with Gasteiger partial charge in [-0.3, -0.25) is 19.3 Å². The van der Waals surface area contributed by atoms with Crippen LogP contribution in [-0.4, -0.2) is 67.9 Å². The highest BCUT2D eigenvalue weighted by molar-refractivity contribution is 8.76. The van der Waals surface area contributed by atoms with Gasteiger partial charge in [0.25, 0.3) is 0 Å². The number of carbonyl (C=O) groups excluding carboxylic acids is 2. The lowest BCUT2D eigenvalue weighted by atomic mass is 10.3. The third kappa shape index (κ3) is 7.90. The lowest BCUT2D eigenvalue weighted by Gasteiger charge is -2.24. The Kier molecular flexibility index (Phi) is 10.9. The highest BCUT2D eigenvalue weighted by Crippen LogP contribution is 2.24. The number of hydrogen-bond donors (Lipinski definition) is 3. The van der Waals surface area contributed by atoms with Crippen LogP contribution in [0.2, 0.25) is 0 Å². The van der Waals surface area contributed by atoms with Crippen LogP contribution < -0.4 is 5.73 Å². The number of rotatable bonds is 8. The number of carboxylic acid groups (broad SMARTS) is 2. The summed E-state index contributed by atoms with van der Waals surface area (Å²) in [6, 6.07) is -2.34. The van der Waals surface area contributed by atoms with Crippen molar-refractivity contribution in [3.63, 3.8) is 0 Å². The molecule has 6 N–H and O–H groups in total. The van der Waals surface area contributed by atoms with Gasteiger partial charge in [0.05, 0.1) is 0 Å². The van der Waals surface area contributed by atoms with Crippen LogP contribution in [0.4, 0.5) is 0 Å². The number of carboxylic acids is 2. The molecule has 0 spiro atoms. The van der Waals surface area contributed by atoms with Crippen LogP contribution >= 0.6 is 21.6 Å². The van der Waals surface area contributed by atoms with Crippen LogP contribution in [0.15, 0.2) is 0 Å². The van der Waals surface area contributed by atoms with Crippen LogP contribution in [0.1, 0.15) is 13.8 Å².